The van der Waals surface area contributed by atoms with Gasteiger partial charge in [0.2, 0.25) is 0 Å². The SMILES string of the molecule is O=C(O)c1ccc(-n2cccc2C2C(c3ccccn3)NC(=S)N2c2ccccc2O)cc1. The first-order valence-corrected chi connectivity index (χ1v) is 10.7. The minimum absolute atomic E-state index is 0.122. The summed E-state index contributed by atoms with van der Waals surface area (Å²) in [4.78, 5) is 17.7. The smallest absolute Gasteiger partial charge is 0.335 e. The van der Waals surface area contributed by atoms with Crippen LogP contribution in [0.25, 0.3) is 5.69 Å². The second kappa shape index (κ2) is 8.40. The number of benzene rings is 2. The molecule has 3 heterocycles. The van der Waals surface area contributed by atoms with Crippen LogP contribution in [-0.2, 0) is 0 Å². The second-order valence-electron chi connectivity index (χ2n) is 7.64. The molecular weight excluding hydrogens is 436 g/mol. The van der Waals surface area contributed by atoms with Crippen molar-refractivity contribution in [3.05, 3.63) is 108 Å². The van der Waals surface area contributed by atoms with Crippen molar-refractivity contribution in [3.63, 3.8) is 0 Å². The van der Waals surface area contributed by atoms with E-state index in [9.17, 15) is 15.0 Å². The van der Waals surface area contributed by atoms with E-state index in [2.05, 4.69) is 10.3 Å². The number of carbonyl (C=O) groups is 1. The number of para-hydroxylation sites is 2. The van der Waals surface area contributed by atoms with Crippen molar-refractivity contribution in [2.75, 3.05) is 4.90 Å². The first-order valence-electron chi connectivity index (χ1n) is 10.3. The summed E-state index contributed by atoms with van der Waals surface area (Å²) in [6.07, 6.45) is 3.66. The van der Waals surface area contributed by atoms with E-state index in [0.717, 1.165) is 17.1 Å². The molecule has 1 saturated heterocycles. The summed E-state index contributed by atoms with van der Waals surface area (Å²) in [5.41, 5.74) is 3.35. The molecule has 0 amide bonds. The number of aromatic carboxylic acids is 1. The monoisotopic (exact) mass is 456 g/mol. The number of rotatable bonds is 5. The third-order valence-electron chi connectivity index (χ3n) is 5.72. The molecule has 2 aromatic carbocycles. The minimum Gasteiger partial charge on any atom is -0.506 e. The average Bonchev–Trinajstić information content (AvgIpc) is 3.44. The van der Waals surface area contributed by atoms with E-state index < -0.39 is 5.97 Å². The maximum atomic E-state index is 11.3. The number of pyridine rings is 1. The molecular formula is C25H20N4O3S. The molecule has 8 heteroatoms. The van der Waals surface area contributed by atoms with Gasteiger partial charge in [0.05, 0.1) is 23.0 Å². The molecule has 1 fully saturated rings. The quantitative estimate of drug-likeness (QED) is 0.382. The number of hydrogen-bond donors (Lipinski definition) is 3. The van der Waals surface area contributed by atoms with E-state index >= 15 is 0 Å². The van der Waals surface area contributed by atoms with Gasteiger partial charge in [0.25, 0.3) is 0 Å². The van der Waals surface area contributed by atoms with Crippen LogP contribution in [0.5, 0.6) is 5.75 Å². The molecule has 0 radical (unpaired) electrons. The Bertz CT molecular complexity index is 1320. The lowest BCUT2D eigenvalue weighted by atomic mass is 10.0. The third-order valence-corrected chi connectivity index (χ3v) is 6.03. The van der Waals surface area contributed by atoms with Gasteiger partial charge in [-0.25, -0.2) is 4.79 Å². The molecule has 0 saturated carbocycles. The molecule has 0 spiro atoms. The standard InChI is InChI=1S/C25H20N4O3S/c30-21-9-2-1-7-19(21)29-23(22(27-25(29)33)18-6-3-4-14-26-18)20-8-5-15-28(20)17-12-10-16(11-13-17)24(31)32/h1-15,22-23,30H,(H,27,33)(H,31,32). The van der Waals surface area contributed by atoms with Crippen molar-refractivity contribution in [2.24, 2.45) is 0 Å². The zero-order valence-corrected chi connectivity index (χ0v) is 18.2. The number of carboxylic acid groups (broad SMARTS) is 1. The van der Waals surface area contributed by atoms with E-state index in [4.69, 9.17) is 12.2 Å². The number of carboxylic acids is 1. The van der Waals surface area contributed by atoms with Gasteiger partial charge in [-0.05, 0) is 72.9 Å². The summed E-state index contributed by atoms with van der Waals surface area (Å²) < 4.78 is 1.99. The van der Waals surface area contributed by atoms with Gasteiger partial charge in [0.1, 0.15) is 11.8 Å². The molecule has 33 heavy (non-hydrogen) atoms. The lowest BCUT2D eigenvalue weighted by Crippen LogP contribution is -2.30. The minimum atomic E-state index is -0.972. The number of thiocarbonyl (C=S) groups is 1. The topological polar surface area (TPSA) is 90.6 Å². The highest BCUT2D eigenvalue weighted by Gasteiger charge is 2.42. The number of aromatic hydroxyl groups is 1. The van der Waals surface area contributed by atoms with Gasteiger partial charge in [0.15, 0.2) is 5.11 Å². The van der Waals surface area contributed by atoms with E-state index in [0.29, 0.717) is 10.8 Å². The van der Waals surface area contributed by atoms with Crippen LogP contribution in [0, 0.1) is 0 Å². The third kappa shape index (κ3) is 3.70. The summed E-state index contributed by atoms with van der Waals surface area (Å²) in [6.45, 7) is 0. The fourth-order valence-corrected chi connectivity index (χ4v) is 4.56. The maximum Gasteiger partial charge on any atom is 0.335 e. The van der Waals surface area contributed by atoms with Gasteiger partial charge in [0, 0.05) is 23.8 Å². The van der Waals surface area contributed by atoms with Gasteiger partial charge < -0.3 is 25.0 Å². The highest BCUT2D eigenvalue weighted by atomic mass is 32.1. The van der Waals surface area contributed by atoms with Crippen molar-refractivity contribution in [1.29, 1.82) is 0 Å². The average molecular weight is 457 g/mol. The molecule has 0 aliphatic carbocycles. The predicted molar refractivity (Wildman–Crippen MR) is 129 cm³/mol. The number of nitrogens with zero attached hydrogens (tertiary/aromatic N) is 3. The number of phenolic OH excluding ortho intramolecular Hbond substituents is 1. The molecule has 5 rings (SSSR count). The number of anilines is 1. The Labute approximate surface area is 195 Å². The van der Waals surface area contributed by atoms with Crippen LogP contribution in [0.1, 0.15) is 33.8 Å². The van der Waals surface area contributed by atoms with Crippen molar-refractivity contribution in [2.45, 2.75) is 12.1 Å². The Balaban J connectivity index is 1.65. The van der Waals surface area contributed by atoms with E-state index in [-0.39, 0.29) is 23.4 Å². The molecule has 7 nitrogen and oxygen atoms in total. The molecule has 2 aromatic heterocycles. The van der Waals surface area contributed by atoms with Crippen LogP contribution in [0.4, 0.5) is 5.69 Å². The first kappa shape index (κ1) is 20.7. The van der Waals surface area contributed by atoms with Crippen LogP contribution in [0.2, 0.25) is 0 Å². The van der Waals surface area contributed by atoms with Crippen LogP contribution < -0.4 is 10.2 Å². The summed E-state index contributed by atoms with van der Waals surface area (Å²) in [6, 6.07) is 22.8. The fourth-order valence-electron chi connectivity index (χ4n) is 4.22. The lowest BCUT2D eigenvalue weighted by Gasteiger charge is -2.29. The highest BCUT2D eigenvalue weighted by Crippen LogP contribution is 2.44. The van der Waals surface area contributed by atoms with Crippen molar-refractivity contribution < 1.29 is 15.0 Å². The molecule has 164 valence electrons. The largest absolute Gasteiger partial charge is 0.506 e. The Morgan fingerprint density at radius 1 is 0.970 bits per heavy atom. The second-order valence-corrected chi connectivity index (χ2v) is 8.03. The van der Waals surface area contributed by atoms with Crippen molar-refractivity contribution in [1.82, 2.24) is 14.9 Å². The first-order chi connectivity index (χ1) is 16.0. The molecule has 2 unspecified atom stereocenters. The van der Waals surface area contributed by atoms with Gasteiger partial charge in [-0.15, -0.1) is 0 Å². The normalized spacial score (nSPS) is 17.7. The van der Waals surface area contributed by atoms with Crippen LogP contribution >= 0.6 is 12.2 Å². The molecule has 3 N–H and O–H groups in total. The van der Waals surface area contributed by atoms with E-state index in [1.807, 2.05) is 58.1 Å². The summed E-state index contributed by atoms with van der Waals surface area (Å²) >= 11 is 5.72. The number of phenols is 1. The van der Waals surface area contributed by atoms with Gasteiger partial charge in [-0.2, -0.15) is 0 Å². The summed E-state index contributed by atoms with van der Waals surface area (Å²) in [5.74, 6) is -0.849. The molecule has 0 bridgehead atoms. The predicted octanol–water partition coefficient (Wildman–Crippen LogP) is 4.45. The van der Waals surface area contributed by atoms with E-state index in [1.54, 1.807) is 42.6 Å². The molecule has 4 aromatic rings. The fraction of sp³-hybridized carbons (Fsp3) is 0.0800. The zero-order valence-electron chi connectivity index (χ0n) is 17.4. The van der Waals surface area contributed by atoms with Crippen molar-refractivity contribution >= 4 is 29.0 Å². The van der Waals surface area contributed by atoms with Crippen LogP contribution in [0.3, 0.4) is 0 Å². The van der Waals surface area contributed by atoms with Gasteiger partial charge >= 0.3 is 5.97 Å². The van der Waals surface area contributed by atoms with Gasteiger partial charge in [-0.1, -0.05) is 18.2 Å². The Morgan fingerprint density at radius 3 is 2.42 bits per heavy atom. The number of nitrogens with one attached hydrogen (secondary N) is 1. The van der Waals surface area contributed by atoms with Gasteiger partial charge in [-0.3, -0.25) is 4.98 Å². The number of aromatic nitrogens is 2. The Morgan fingerprint density at radius 2 is 1.73 bits per heavy atom. The summed E-state index contributed by atoms with van der Waals surface area (Å²) in [5, 5.41) is 23.7. The Kier molecular flexibility index (Phi) is 5.27. The molecule has 1 aliphatic heterocycles. The lowest BCUT2D eigenvalue weighted by molar-refractivity contribution is 0.0697. The van der Waals surface area contributed by atoms with Crippen molar-refractivity contribution in [3.8, 4) is 11.4 Å². The van der Waals surface area contributed by atoms with E-state index in [1.165, 1.54) is 0 Å². The van der Waals surface area contributed by atoms with Crippen LogP contribution in [0.15, 0.2) is 91.3 Å². The molecule has 1 aliphatic rings. The van der Waals surface area contributed by atoms with Crippen LogP contribution in [-0.4, -0.2) is 30.8 Å². The number of hydrogen-bond acceptors (Lipinski definition) is 4. The summed E-state index contributed by atoms with van der Waals surface area (Å²) in [7, 11) is 0. The highest BCUT2D eigenvalue weighted by molar-refractivity contribution is 7.80. The maximum absolute atomic E-state index is 11.3. The Hall–Kier alpha value is -4.17. The zero-order chi connectivity index (χ0) is 22.9. The molecule has 2 atom stereocenters.